The molecule has 0 saturated carbocycles. The molecule has 0 aliphatic carbocycles. The maximum atomic E-state index is 11.8. The van der Waals surface area contributed by atoms with Gasteiger partial charge in [0.2, 0.25) is 0 Å². The monoisotopic (exact) mass is 409 g/mol. The molecule has 0 aromatic rings. The van der Waals surface area contributed by atoms with Crippen LogP contribution in [0.1, 0.15) is 59.8 Å². The van der Waals surface area contributed by atoms with Crippen LogP contribution < -0.4 is 10.6 Å². The van der Waals surface area contributed by atoms with Crippen molar-refractivity contribution in [3.8, 4) is 0 Å². The molecule has 2 atom stereocenters. The summed E-state index contributed by atoms with van der Waals surface area (Å²) in [6.07, 6.45) is 5.36. The predicted octanol–water partition coefficient (Wildman–Crippen LogP) is 2.92. The van der Waals surface area contributed by atoms with E-state index < -0.39 is 0 Å². The lowest BCUT2D eigenvalue weighted by Crippen LogP contribution is -2.49. The topological polar surface area (TPSA) is 69.2 Å². The Morgan fingerprint density at radius 3 is 2.41 bits per heavy atom. The second-order valence-electron chi connectivity index (χ2n) is 8.78. The smallest absolute Gasteiger partial charge is 0.409 e. The molecule has 0 aromatic carbocycles. The molecule has 0 spiro atoms. The third-order valence-electron chi connectivity index (χ3n) is 5.80. The van der Waals surface area contributed by atoms with Crippen molar-refractivity contribution in [2.45, 2.75) is 65.8 Å². The van der Waals surface area contributed by atoms with Gasteiger partial charge in [0.15, 0.2) is 5.96 Å². The number of guanidine groups is 1. The van der Waals surface area contributed by atoms with E-state index in [1.807, 2.05) is 6.92 Å². The summed E-state index contributed by atoms with van der Waals surface area (Å²) in [5, 5.41) is 6.91. The molecule has 7 nitrogen and oxygen atoms in total. The lowest BCUT2D eigenvalue weighted by Gasteiger charge is -2.34. The first-order valence-corrected chi connectivity index (χ1v) is 11.7. The molecule has 29 heavy (non-hydrogen) atoms. The number of carbonyl (C=O) groups excluding carboxylic acids is 1. The van der Waals surface area contributed by atoms with Crippen LogP contribution in [0, 0.1) is 11.8 Å². The van der Waals surface area contributed by atoms with Gasteiger partial charge in [0.1, 0.15) is 0 Å². The normalized spacial score (nSPS) is 24.4. The Morgan fingerprint density at radius 1 is 1.10 bits per heavy atom. The first kappa shape index (κ1) is 23.8. The number of nitrogens with zero attached hydrogens (tertiary/aromatic N) is 3. The second-order valence-corrected chi connectivity index (χ2v) is 8.78. The number of rotatable bonds is 8. The molecule has 0 aromatic heterocycles. The Hall–Kier alpha value is -1.50. The molecule has 2 aliphatic heterocycles. The van der Waals surface area contributed by atoms with Gasteiger partial charge in [-0.15, -0.1) is 0 Å². The van der Waals surface area contributed by atoms with Crippen LogP contribution >= 0.6 is 0 Å². The minimum absolute atomic E-state index is 0.191. The van der Waals surface area contributed by atoms with Crippen LogP contribution in [0.15, 0.2) is 4.99 Å². The first-order valence-electron chi connectivity index (χ1n) is 11.7. The van der Waals surface area contributed by atoms with E-state index in [4.69, 9.17) is 9.73 Å². The van der Waals surface area contributed by atoms with E-state index in [1.54, 1.807) is 4.90 Å². The van der Waals surface area contributed by atoms with Crippen molar-refractivity contribution in [2.75, 3.05) is 52.4 Å². The van der Waals surface area contributed by atoms with E-state index in [-0.39, 0.29) is 6.09 Å². The highest BCUT2D eigenvalue weighted by Crippen LogP contribution is 2.21. The van der Waals surface area contributed by atoms with Crippen LogP contribution in [0.3, 0.4) is 0 Å². The molecule has 2 rings (SSSR count). The quantitative estimate of drug-likeness (QED) is 0.366. The van der Waals surface area contributed by atoms with Gasteiger partial charge in [-0.3, -0.25) is 4.99 Å². The Balaban J connectivity index is 1.67. The predicted molar refractivity (Wildman–Crippen MR) is 119 cm³/mol. The highest BCUT2D eigenvalue weighted by molar-refractivity contribution is 5.80. The lowest BCUT2D eigenvalue weighted by molar-refractivity contribution is 0.0963. The van der Waals surface area contributed by atoms with Gasteiger partial charge in [0.05, 0.1) is 6.61 Å². The summed E-state index contributed by atoms with van der Waals surface area (Å²) < 4.78 is 5.09. The van der Waals surface area contributed by atoms with Crippen molar-refractivity contribution in [2.24, 2.45) is 16.8 Å². The van der Waals surface area contributed by atoms with Crippen LogP contribution in [-0.2, 0) is 4.74 Å². The number of nitrogens with one attached hydrogen (secondary N) is 2. The van der Waals surface area contributed by atoms with Gasteiger partial charge in [-0.25, -0.2) is 4.79 Å². The van der Waals surface area contributed by atoms with Gasteiger partial charge in [0.25, 0.3) is 0 Å². The van der Waals surface area contributed by atoms with E-state index in [9.17, 15) is 4.79 Å². The second kappa shape index (κ2) is 12.9. The van der Waals surface area contributed by atoms with E-state index >= 15 is 0 Å². The minimum atomic E-state index is -0.191. The van der Waals surface area contributed by atoms with Gasteiger partial charge in [-0.1, -0.05) is 13.8 Å². The van der Waals surface area contributed by atoms with Crippen molar-refractivity contribution in [1.29, 1.82) is 0 Å². The molecule has 168 valence electrons. The Kier molecular flexibility index (Phi) is 10.6. The summed E-state index contributed by atoms with van der Waals surface area (Å²) >= 11 is 0. The molecule has 2 saturated heterocycles. The van der Waals surface area contributed by atoms with Crippen molar-refractivity contribution in [3.63, 3.8) is 0 Å². The number of aliphatic imine (C=N–C) groups is 1. The average Bonchev–Trinajstić information content (AvgIpc) is 2.68. The zero-order valence-corrected chi connectivity index (χ0v) is 19.1. The number of carbonyl (C=O) groups is 1. The highest BCUT2D eigenvalue weighted by atomic mass is 16.6. The van der Waals surface area contributed by atoms with Crippen molar-refractivity contribution in [1.82, 2.24) is 20.4 Å². The third-order valence-corrected chi connectivity index (χ3v) is 5.80. The fraction of sp³-hybridized carbons (Fsp3) is 0.909. The maximum absolute atomic E-state index is 11.8. The van der Waals surface area contributed by atoms with E-state index in [0.29, 0.717) is 12.6 Å². The summed E-state index contributed by atoms with van der Waals surface area (Å²) in [6.45, 7) is 16.0. The Labute approximate surface area is 177 Å². The number of hydrogen-bond acceptors (Lipinski definition) is 4. The molecule has 2 N–H and O–H groups in total. The zero-order valence-electron chi connectivity index (χ0n) is 19.1. The number of amides is 1. The average molecular weight is 410 g/mol. The number of piperidine rings is 2. The lowest BCUT2D eigenvalue weighted by atomic mass is 9.92. The molecule has 2 aliphatic rings. The Bertz CT molecular complexity index is 495. The first-order chi connectivity index (χ1) is 14.0. The SMILES string of the molecule is CCNC(=NCCCCN1CC(C)CC(C)C1)NC1CCN(C(=O)OCC)CC1. The molecule has 0 radical (unpaired) electrons. The fourth-order valence-electron chi connectivity index (χ4n) is 4.55. The van der Waals surface area contributed by atoms with Gasteiger partial charge in [-0.2, -0.15) is 0 Å². The van der Waals surface area contributed by atoms with E-state index in [0.717, 1.165) is 63.2 Å². The summed E-state index contributed by atoms with van der Waals surface area (Å²) in [7, 11) is 0. The van der Waals surface area contributed by atoms with Crippen LogP contribution in [-0.4, -0.2) is 80.3 Å². The molecule has 2 heterocycles. The standard InChI is InChI=1S/C22H43N5O2/c1-5-23-21(25-20-9-13-27(14-10-20)22(28)29-6-2)24-11-7-8-12-26-16-18(3)15-19(4)17-26/h18-20H,5-17H2,1-4H3,(H2,23,24,25). The van der Waals surface area contributed by atoms with Gasteiger partial charge in [0, 0.05) is 45.3 Å². The van der Waals surface area contributed by atoms with Crippen LogP contribution in [0.4, 0.5) is 4.79 Å². The molecule has 7 heteroatoms. The van der Waals surface area contributed by atoms with Crippen molar-refractivity contribution in [3.05, 3.63) is 0 Å². The zero-order chi connectivity index (χ0) is 21.1. The third kappa shape index (κ3) is 8.81. The van der Waals surface area contributed by atoms with Gasteiger partial charge >= 0.3 is 6.09 Å². The number of ether oxygens (including phenoxy) is 1. The van der Waals surface area contributed by atoms with Crippen LogP contribution in [0.2, 0.25) is 0 Å². The summed E-state index contributed by atoms with van der Waals surface area (Å²) in [5.41, 5.74) is 0. The summed E-state index contributed by atoms with van der Waals surface area (Å²) in [5.74, 6) is 2.57. The van der Waals surface area contributed by atoms with Crippen LogP contribution in [0.5, 0.6) is 0 Å². The molecule has 0 bridgehead atoms. The van der Waals surface area contributed by atoms with E-state index in [1.165, 1.54) is 32.5 Å². The minimum Gasteiger partial charge on any atom is -0.450 e. The highest BCUT2D eigenvalue weighted by Gasteiger charge is 2.24. The van der Waals surface area contributed by atoms with E-state index in [2.05, 4.69) is 36.3 Å². The molecule has 2 fully saturated rings. The van der Waals surface area contributed by atoms with Gasteiger partial charge in [-0.05, 0) is 64.3 Å². The number of unbranched alkanes of at least 4 members (excludes halogenated alkanes) is 1. The molecule has 2 unspecified atom stereocenters. The molecule has 1 amide bonds. The molecular weight excluding hydrogens is 366 g/mol. The van der Waals surface area contributed by atoms with Crippen LogP contribution in [0.25, 0.3) is 0 Å². The number of hydrogen-bond donors (Lipinski definition) is 2. The van der Waals surface area contributed by atoms with Crippen molar-refractivity contribution >= 4 is 12.1 Å². The summed E-state index contributed by atoms with van der Waals surface area (Å²) in [4.78, 5) is 21.0. The van der Waals surface area contributed by atoms with Crippen molar-refractivity contribution < 1.29 is 9.53 Å². The van der Waals surface area contributed by atoms with Gasteiger partial charge < -0.3 is 25.2 Å². The summed E-state index contributed by atoms with van der Waals surface area (Å²) in [6, 6.07) is 0.356. The molecular formula is C22H43N5O2. The Morgan fingerprint density at radius 2 is 1.79 bits per heavy atom. The maximum Gasteiger partial charge on any atom is 0.409 e. The fourth-order valence-corrected chi connectivity index (χ4v) is 4.55. The largest absolute Gasteiger partial charge is 0.450 e. The number of likely N-dealkylation sites (tertiary alicyclic amines) is 2.